The van der Waals surface area contributed by atoms with Crippen molar-refractivity contribution in [3.8, 4) is 5.88 Å². The Morgan fingerprint density at radius 1 is 1.19 bits per heavy atom. The van der Waals surface area contributed by atoms with Gasteiger partial charge in [-0.15, -0.1) is 10.2 Å². The van der Waals surface area contributed by atoms with Crippen LogP contribution >= 0.6 is 0 Å². The predicted molar refractivity (Wildman–Crippen MR) is 103 cm³/mol. The maximum absolute atomic E-state index is 11.2. The third-order valence-corrected chi connectivity index (χ3v) is 4.72. The Labute approximate surface area is 157 Å². The molecule has 1 amide bonds. The summed E-state index contributed by atoms with van der Waals surface area (Å²) in [6.45, 7) is 3.90. The number of nitrogens with two attached hydrogens (primary N) is 2. The average Bonchev–Trinajstić information content (AvgIpc) is 2.62. The molecule has 0 saturated heterocycles. The maximum Gasteiger partial charge on any atom is 0.411 e. The molecule has 0 unspecified atom stereocenters. The van der Waals surface area contributed by atoms with Crippen molar-refractivity contribution in [1.82, 2.24) is 15.2 Å². The lowest BCUT2D eigenvalue weighted by molar-refractivity contribution is 0.209. The van der Waals surface area contributed by atoms with E-state index in [0.29, 0.717) is 17.3 Å². The van der Waals surface area contributed by atoms with Crippen LogP contribution in [-0.2, 0) is 0 Å². The van der Waals surface area contributed by atoms with Crippen molar-refractivity contribution in [2.45, 2.75) is 51.6 Å². The topological polar surface area (TPSA) is 141 Å². The van der Waals surface area contributed by atoms with Crippen LogP contribution in [0.5, 0.6) is 5.88 Å². The van der Waals surface area contributed by atoms with Crippen LogP contribution in [0.25, 0.3) is 0 Å². The van der Waals surface area contributed by atoms with Crippen molar-refractivity contribution < 1.29 is 9.53 Å². The van der Waals surface area contributed by atoms with E-state index in [-0.39, 0.29) is 18.0 Å². The average molecular weight is 371 g/mol. The summed E-state index contributed by atoms with van der Waals surface area (Å²) in [7, 11) is 0. The summed E-state index contributed by atoms with van der Waals surface area (Å²) in [6, 6.07) is 5.70. The number of aromatic nitrogens is 3. The van der Waals surface area contributed by atoms with Crippen molar-refractivity contribution >= 4 is 23.4 Å². The first-order valence-electron chi connectivity index (χ1n) is 9.01. The van der Waals surface area contributed by atoms with Crippen LogP contribution in [0.3, 0.4) is 0 Å². The predicted octanol–water partition coefficient (Wildman–Crippen LogP) is 2.37. The van der Waals surface area contributed by atoms with Gasteiger partial charge in [0, 0.05) is 23.8 Å². The van der Waals surface area contributed by atoms with Crippen molar-refractivity contribution in [1.29, 1.82) is 0 Å². The van der Waals surface area contributed by atoms with Gasteiger partial charge >= 0.3 is 6.09 Å². The number of carbonyl (C=O) groups is 1. The second-order valence-electron chi connectivity index (χ2n) is 6.79. The smallest absolute Gasteiger partial charge is 0.387 e. The molecule has 144 valence electrons. The molecule has 0 aromatic carbocycles. The molecule has 0 radical (unpaired) electrons. The van der Waals surface area contributed by atoms with Gasteiger partial charge in [-0.2, -0.15) is 0 Å². The van der Waals surface area contributed by atoms with E-state index in [0.717, 1.165) is 36.9 Å². The summed E-state index contributed by atoms with van der Waals surface area (Å²) in [4.78, 5) is 15.6. The molecule has 1 saturated carbocycles. The van der Waals surface area contributed by atoms with E-state index < -0.39 is 6.09 Å². The molecule has 0 spiro atoms. The fourth-order valence-electron chi connectivity index (χ4n) is 3.08. The number of aryl methyl sites for hydroxylation is 2. The first-order valence-corrected chi connectivity index (χ1v) is 9.01. The third-order valence-electron chi connectivity index (χ3n) is 4.72. The first kappa shape index (κ1) is 18.8. The summed E-state index contributed by atoms with van der Waals surface area (Å²) in [6.07, 6.45) is 3.26. The van der Waals surface area contributed by atoms with E-state index in [1.165, 1.54) is 0 Å². The Bertz CT molecular complexity index is 827. The quantitative estimate of drug-likeness (QED) is 0.628. The number of anilines is 3. The van der Waals surface area contributed by atoms with E-state index >= 15 is 0 Å². The van der Waals surface area contributed by atoms with Crippen molar-refractivity contribution in [2.75, 3.05) is 10.6 Å². The van der Waals surface area contributed by atoms with E-state index in [2.05, 4.69) is 25.8 Å². The van der Waals surface area contributed by atoms with Crippen LogP contribution in [0.15, 0.2) is 18.2 Å². The number of nitrogens with one attached hydrogen (secondary N) is 2. The number of pyridine rings is 1. The number of nitrogens with zero attached hydrogens (tertiary/aromatic N) is 3. The highest BCUT2D eigenvalue weighted by molar-refractivity contribution is 5.73. The normalized spacial score (nSPS) is 19.4. The summed E-state index contributed by atoms with van der Waals surface area (Å²) in [5, 5.41) is 14.5. The molecule has 1 fully saturated rings. The fraction of sp³-hybridized carbons (Fsp3) is 0.444. The number of carbonyl (C=O) groups excluding carboxylic acids is 1. The van der Waals surface area contributed by atoms with E-state index in [4.69, 9.17) is 16.2 Å². The summed E-state index contributed by atoms with van der Waals surface area (Å²) >= 11 is 0. The molecule has 3 rings (SSSR count). The maximum atomic E-state index is 11.2. The molecule has 9 nitrogen and oxygen atoms in total. The highest BCUT2D eigenvalue weighted by atomic mass is 16.6. The van der Waals surface area contributed by atoms with Crippen LogP contribution in [0.4, 0.5) is 22.1 Å². The van der Waals surface area contributed by atoms with E-state index in [1.807, 2.05) is 26.0 Å². The van der Waals surface area contributed by atoms with E-state index in [9.17, 15) is 4.79 Å². The third kappa shape index (κ3) is 4.82. The number of rotatable bonds is 5. The van der Waals surface area contributed by atoms with Gasteiger partial charge in [0.25, 0.3) is 5.88 Å². The molecule has 0 bridgehead atoms. The highest BCUT2D eigenvalue weighted by Crippen LogP contribution is 2.28. The molecule has 2 aromatic heterocycles. The second-order valence-corrected chi connectivity index (χ2v) is 6.79. The van der Waals surface area contributed by atoms with Crippen LogP contribution in [0.2, 0.25) is 0 Å². The largest absolute Gasteiger partial charge is 0.411 e. The van der Waals surface area contributed by atoms with Gasteiger partial charge in [0.1, 0.15) is 11.5 Å². The SMILES string of the molecule is Cc1ccc(Nc2cc(N[C@@H]3CCCC[C@@H]3N)nnc2OC(N)=O)nc1C. The zero-order chi connectivity index (χ0) is 19.4. The van der Waals surface area contributed by atoms with Crippen LogP contribution in [-0.4, -0.2) is 33.4 Å². The molecule has 9 heteroatoms. The fourth-order valence-corrected chi connectivity index (χ4v) is 3.08. The molecule has 6 N–H and O–H groups in total. The molecule has 1 aliphatic rings. The van der Waals surface area contributed by atoms with Gasteiger partial charge in [-0.05, 0) is 38.3 Å². The highest BCUT2D eigenvalue weighted by Gasteiger charge is 2.22. The van der Waals surface area contributed by atoms with Crippen LogP contribution < -0.4 is 26.8 Å². The second kappa shape index (κ2) is 8.17. The van der Waals surface area contributed by atoms with Gasteiger partial charge in [0.15, 0.2) is 5.82 Å². The number of amides is 1. The summed E-state index contributed by atoms with van der Waals surface area (Å²) in [5.74, 6) is 1.13. The Morgan fingerprint density at radius 3 is 2.67 bits per heavy atom. The van der Waals surface area contributed by atoms with Crippen LogP contribution in [0, 0.1) is 13.8 Å². The molecule has 2 atom stereocenters. The first-order chi connectivity index (χ1) is 12.9. The van der Waals surface area contributed by atoms with Gasteiger partial charge in [0.05, 0.1) is 0 Å². The Balaban J connectivity index is 1.85. The minimum atomic E-state index is -0.963. The Hall–Kier alpha value is -2.94. The lowest BCUT2D eigenvalue weighted by Crippen LogP contribution is -2.42. The molecular formula is C18H25N7O2. The van der Waals surface area contributed by atoms with Gasteiger partial charge < -0.3 is 26.8 Å². The molecule has 2 aromatic rings. The Kier molecular flexibility index (Phi) is 5.70. The lowest BCUT2D eigenvalue weighted by atomic mass is 9.91. The van der Waals surface area contributed by atoms with Gasteiger partial charge in [-0.3, -0.25) is 0 Å². The molecule has 0 aliphatic heterocycles. The summed E-state index contributed by atoms with van der Waals surface area (Å²) in [5.41, 5.74) is 13.7. The van der Waals surface area contributed by atoms with Crippen molar-refractivity contribution in [3.63, 3.8) is 0 Å². The lowest BCUT2D eigenvalue weighted by Gasteiger charge is -2.29. The molecule has 1 aliphatic carbocycles. The zero-order valence-corrected chi connectivity index (χ0v) is 15.5. The minimum Gasteiger partial charge on any atom is -0.387 e. The number of hydrogen-bond acceptors (Lipinski definition) is 8. The minimum absolute atomic E-state index is 0.0129. The standard InChI is InChI=1S/C18H25N7O2/c1-10-7-8-15(21-11(10)2)23-14-9-16(24-25-17(14)27-18(20)26)22-13-6-4-3-5-12(13)19/h7-9,12-13H,3-6,19H2,1-2H3,(H2,20,26)(H2,21,22,23,24)/t12-,13+/m0/s1. The number of ether oxygens (including phenoxy) is 1. The summed E-state index contributed by atoms with van der Waals surface area (Å²) < 4.78 is 4.96. The molecule has 2 heterocycles. The van der Waals surface area contributed by atoms with E-state index in [1.54, 1.807) is 6.07 Å². The Morgan fingerprint density at radius 2 is 1.96 bits per heavy atom. The molecular weight excluding hydrogens is 346 g/mol. The van der Waals surface area contributed by atoms with Gasteiger partial charge in [-0.25, -0.2) is 9.78 Å². The zero-order valence-electron chi connectivity index (χ0n) is 15.5. The van der Waals surface area contributed by atoms with Crippen molar-refractivity contribution in [2.24, 2.45) is 11.5 Å². The number of primary amides is 1. The van der Waals surface area contributed by atoms with Crippen molar-refractivity contribution in [3.05, 3.63) is 29.5 Å². The van der Waals surface area contributed by atoms with Gasteiger partial charge in [0.2, 0.25) is 0 Å². The van der Waals surface area contributed by atoms with Gasteiger partial charge in [-0.1, -0.05) is 18.9 Å². The molecule has 27 heavy (non-hydrogen) atoms. The van der Waals surface area contributed by atoms with Crippen LogP contribution in [0.1, 0.15) is 36.9 Å². The monoisotopic (exact) mass is 371 g/mol. The number of hydrogen-bond donors (Lipinski definition) is 4.